The lowest BCUT2D eigenvalue weighted by Gasteiger charge is -2.16. The van der Waals surface area contributed by atoms with E-state index in [1.54, 1.807) is 18.7 Å². The molecule has 1 N–H and O–H groups in total. The van der Waals surface area contributed by atoms with Crippen LogP contribution in [-0.4, -0.2) is 21.2 Å². The van der Waals surface area contributed by atoms with E-state index in [2.05, 4.69) is 22.5 Å². The van der Waals surface area contributed by atoms with Crippen molar-refractivity contribution in [2.24, 2.45) is 12.5 Å². The largest absolute Gasteiger partial charge is 0.364 e. The van der Waals surface area contributed by atoms with Crippen LogP contribution in [0.4, 0.5) is 11.5 Å². The van der Waals surface area contributed by atoms with E-state index in [9.17, 15) is 10.1 Å². The van der Waals surface area contributed by atoms with E-state index >= 15 is 0 Å². The molecule has 0 amide bonds. The van der Waals surface area contributed by atoms with Gasteiger partial charge in [-0.3, -0.25) is 10.1 Å². The molecule has 1 aromatic heterocycles. The molecule has 22 heavy (non-hydrogen) atoms. The van der Waals surface area contributed by atoms with Gasteiger partial charge in [0, 0.05) is 13.6 Å². The highest BCUT2D eigenvalue weighted by molar-refractivity contribution is 5.59. The minimum Gasteiger partial charge on any atom is -0.364 e. The molecule has 0 atom stereocenters. The fourth-order valence-corrected chi connectivity index (χ4v) is 2.96. The monoisotopic (exact) mass is 300 g/mol. The van der Waals surface area contributed by atoms with Crippen LogP contribution in [0.2, 0.25) is 0 Å². The van der Waals surface area contributed by atoms with E-state index in [0.717, 1.165) is 25.8 Å². The van der Waals surface area contributed by atoms with Crippen LogP contribution in [-0.2, 0) is 13.5 Å². The smallest absolute Gasteiger partial charge is 0.333 e. The second kappa shape index (κ2) is 5.44. The molecule has 0 radical (unpaired) electrons. The maximum Gasteiger partial charge on any atom is 0.333 e. The van der Waals surface area contributed by atoms with E-state index in [4.69, 9.17) is 0 Å². The number of hydrogen-bond acceptors (Lipinski definition) is 4. The van der Waals surface area contributed by atoms with Gasteiger partial charge in [0.05, 0.1) is 4.92 Å². The van der Waals surface area contributed by atoms with Gasteiger partial charge >= 0.3 is 5.69 Å². The molecule has 0 aliphatic heterocycles. The molecular weight excluding hydrogens is 280 g/mol. The predicted octanol–water partition coefficient (Wildman–Crippen LogP) is 3.07. The first-order valence-corrected chi connectivity index (χ1v) is 7.47. The fourth-order valence-electron chi connectivity index (χ4n) is 2.96. The van der Waals surface area contributed by atoms with Gasteiger partial charge in [0.2, 0.25) is 5.82 Å². The summed E-state index contributed by atoms with van der Waals surface area (Å²) in [5.41, 5.74) is 2.06. The highest BCUT2D eigenvalue weighted by Gasteiger charge is 2.42. The highest BCUT2D eigenvalue weighted by Crippen LogP contribution is 2.48. The van der Waals surface area contributed by atoms with E-state index in [0.29, 0.717) is 11.5 Å². The maximum absolute atomic E-state index is 11.2. The number of anilines is 1. The van der Waals surface area contributed by atoms with E-state index in [-0.39, 0.29) is 16.0 Å². The van der Waals surface area contributed by atoms with Gasteiger partial charge in [-0.05, 0) is 37.2 Å². The lowest BCUT2D eigenvalue weighted by atomic mass is 9.96. The van der Waals surface area contributed by atoms with Crippen molar-refractivity contribution in [3.63, 3.8) is 0 Å². The summed E-state index contributed by atoms with van der Waals surface area (Å²) in [5.74, 6) is 0.502. The van der Waals surface area contributed by atoms with Gasteiger partial charge < -0.3 is 5.32 Å². The minimum atomic E-state index is -0.360. The quantitative estimate of drug-likeness (QED) is 0.657. The Bertz CT molecular complexity index is 690. The van der Waals surface area contributed by atoms with Gasteiger partial charge in [0.1, 0.15) is 5.69 Å². The van der Waals surface area contributed by atoms with E-state index in [1.165, 1.54) is 5.56 Å². The predicted molar refractivity (Wildman–Crippen MR) is 84.9 cm³/mol. The molecule has 1 aliphatic carbocycles. The Morgan fingerprint density at radius 3 is 2.64 bits per heavy atom. The molecule has 0 unspecified atom stereocenters. The van der Waals surface area contributed by atoms with Gasteiger partial charge in [-0.25, -0.2) is 4.68 Å². The van der Waals surface area contributed by atoms with Gasteiger partial charge in [-0.2, -0.15) is 5.10 Å². The van der Waals surface area contributed by atoms with Crippen molar-refractivity contribution in [3.8, 4) is 0 Å². The summed E-state index contributed by atoms with van der Waals surface area (Å²) >= 11 is 0. The zero-order valence-corrected chi connectivity index (χ0v) is 12.9. The number of hydrogen-bond donors (Lipinski definition) is 1. The Morgan fingerprint density at radius 1 is 1.36 bits per heavy atom. The van der Waals surface area contributed by atoms with Crippen LogP contribution in [0, 0.1) is 22.5 Å². The van der Waals surface area contributed by atoms with Crippen LogP contribution >= 0.6 is 0 Å². The van der Waals surface area contributed by atoms with E-state index in [1.807, 2.05) is 18.2 Å². The van der Waals surface area contributed by atoms with Crippen molar-refractivity contribution in [1.29, 1.82) is 0 Å². The molecule has 2 aromatic rings. The topological polar surface area (TPSA) is 73.0 Å². The third kappa shape index (κ3) is 2.81. The molecule has 6 heteroatoms. The van der Waals surface area contributed by atoms with Crippen molar-refractivity contribution >= 4 is 11.5 Å². The molecule has 0 saturated heterocycles. The molecule has 1 aromatic carbocycles. The van der Waals surface area contributed by atoms with Gasteiger partial charge in [0.25, 0.3) is 0 Å². The number of rotatable bonds is 6. The molecule has 6 nitrogen and oxygen atoms in total. The van der Waals surface area contributed by atoms with Crippen molar-refractivity contribution in [2.75, 3.05) is 11.9 Å². The molecule has 0 bridgehead atoms. The summed E-state index contributed by atoms with van der Waals surface area (Å²) < 4.78 is 1.56. The van der Waals surface area contributed by atoms with Gasteiger partial charge in [0.15, 0.2) is 0 Å². The summed E-state index contributed by atoms with van der Waals surface area (Å²) in [4.78, 5) is 10.8. The second-order valence-electron chi connectivity index (χ2n) is 6.18. The molecule has 1 aliphatic rings. The minimum absolute atomic E-state index is 0.0815. The van der Waals surface area contributed by atoms with Crippen molar-refractivity contribution < 1.29 is 4.92 Å². The average molecular weight is 300 g/mol. The number of nitrogens with zero attached hydrogens (tertiary/aromatic N) is 3. The maximum atomic E-state index is 11.2. The zero-order chi connectivity index (χ0) is 15.7. The lowest BCUT2D eigenvalue weighted by molar-refractivity contribution is -0.384. The van der Waals surface area contributed by atoms with Crippen LogP contribution < -0.4 is 5.32 Å². The van der Waals surface area contributed by atoms with Crippen LogP contribution in [0.1, 0.15) is 24.1 Å². The third-order valence-electron chi connectivity index (χ3n) is 4.38. The average Bonchev–Trinajstić information content (AvgIpc) is 3.16. The normalized spacial score (nSPS) is 15.5. The van der Waals surface area contributed by atoms with Crippen LogP contribution in [0.15, 0.2) is 30.3 Å². The molecular formula is C16H20N4O2. The van der Waals surface area contributed by atoms with Crippen LogP contribution in [0.5, 0.6) is 0 Å². The van der Waals surface area contributed by atoms with Crippen molar-refractivity contribution in [3.05, 3.63) is 51.7 Å². The van der Waals surface area contributed by atoms with Crippen LogP contribution in [0.25, 0.3) is 0 Å². The number of benzene rings is 1. The van der Waals surface area contributed by atoms with E-state index < -0.39 is 0 Å². The summed E-state index contributed by atoms with van der Waals surface area (Å²) in [5, 5.41) is 18.6. The first kappa shape index (κ1) is 14.6. The SMILES string of the molecule is Cc1nn(C)c(NCC2(Cc3ccccc3)CC2)c1[N+](=O)[O-]. The Hall–Kier alpha value is -2.37. The highest BCUT2D eigenvalue weighted by atomic mass is 16.6. The Kier molecular flexibility index (Phi) is 3.60. The Labute approximate surface area is 129 Å². The molecule has 0 spiro atoms. The number of nitrogens with one attached hydrogen (secondary N) is 1. The molecule has 1 heterocycles. The summed E-state index contributed by atoms with van der Waals surface area (Å²) in [7, 11) is 1.74. The third-order valence-corrected chi connectivity index (χ3v) is 4.38. The first-order valence-electron chi connectivity index (χ1n) is 7.47. The number of nitro groups is 1. The van der Waals surface area contributed by atoms with Gasteiger partial charge in [-0.1, -0.05) is 30.3 Å². The second-order valence-corrected chi connectivity index (χ2v) is 6.18. The molecule has 1 saturated carbocycles. The van der Waals surface area contributed by atoms with Crippen molar-refractivity contribution in [1.82, 2.24) is 9.78 Å². The first-order chi connectivity index (χ1) is 10.5. The number of aromatic nitrogens is 2. The lowest BCUT2D eigenvalue weighted by Crippen LogP contribution is -2.19. The standard InChI is InChI=1S/C16H20N4O2/c1-12-14(20(21)22)15(19(2)18-12)17-11-16(8-9-16)10-13-6-4-3-5-7-13/h3-7,17H,8-11H2,1-2H3. The summed E-state index contributed by atoms with van der Waals surface area (Å²) in [6, 6.07) is 10.4. The van der Waals surface area contributed by atoms with Crippen LogP contribution in [0.3, 0.4) is 0 Å². The summed E-state index contributed by atoms with van der Waals surface area (Å²) in [6.45, 7) is 2.40. The number of aryl methyl sites for hydroxylation is 2. The Morgan fingerprint density at radius 2 is 2.05 bits per heavy atom. The summed E-state index contributed by atoms with van der Waals surface area (Å²) in [6.07, 6.45) is 3.31. The molecule has 3 rings (SSSR count). The molecule has 116 valence electrons. The fraction of sp³-hybridized carbons (Fsp3) is 0.438. The Balaban J connectivity index is 1.72. The molecule has 1 fully saturated rings. The zero-order valence-electron chi connectivity index (χ0n) is 12.9. The van der Waals surface area contributed by atoms with Gasteiger partial charge in [-0.15, -0.1) is 0 Å². The van der Waals surface area contributed by atoms with Crippen molar-refractivity contribution in [2.45, 2.75) is 26.2 Å².